The van der Waals surface area contributed by atoms with Gasteiger partial charge < -0.3 is 4.42 Å². The lowest BCUT2D eigenvalue weighted by Crippen LogP contribution is -2.24. The molecule has 0 spiro atoms. The number of amides is 1. The van der Waals surface area contributed by atoms with Crippen molar-refractivity contribution in [3.63, 3.8) is 0 Å². The highest BCUT2D eigenvalue weighted by molar-refractivity contribution is 7.99. The molecule has 3 aromatic heterocycles. The van der Waals surface area contributed by atoms with Crippen molar-refractivity contribution in [1.82, 2.24) is 19.7 Å². The molecule has 0 fully saturated rings. The number of benzene rings is 1. The quantitative estimate of drug-likeness (QED) is 0.303. The normalized spacial score (nSPS) is 13.4. The Morgan fingerprint density at radius 1 is 1.26 bits per heavy atom. The van der Waals surface area contributed by atoms with Gasteiger partial charge in [0.15, 0.2) is 5.16 Å². The SMILES string of the molecule is CC(C)c1nnc(NC(=O)CSc2nc3sc4c(c3c(=O)n2-c2ccccc2F)CCCC4)o1. The largest absolute Gasteiger partial charge is 0.408 e. The van der Waals surface area contributed by atoms with Crippen molar-refractivity contribution in [2.24, 2.45) is 0 Å². The number of hydrogen-bond acceptors (Lipinski definition) is 8. The van der Waals surface area contributed by atoms with E-state index in [0.29, 0.717) is 16.1 Å². The number of nitrogens with zero attached hydrogens (tertiary/aromatic N) is 4. The molecule has 34 heavy (non-hydrogen) atoms. The molecule has 1 N–H and O–H groups in total. The van der Waals surface area contributed by atoms with Crippen LogP contribution in [0.25, 0.3) is 15.9 Å². The number of thioether (sulfide) groups is 1. The minimum atomic E-state index is -0.534. The van der Waals surface area contributed by atoms with Gasteiger partial charge in [0, 0.05) is 10.8 Å². The third-order valence-electron chi connectivity index (χ3n) is 5.56. The summed E-state index contributed by atoms with van der Waals surface area (Å²) in [4.78, 5) is 32.7. The second-order valence-corrected chi connectivity index (χ2v) is 10.3. The van der Waals surface area contributed by atoms with Gasteiger partial charge in [-0.15, -0.1) is 16.4 Å². The van der Waals surface area contributed by atoms with Crippen LogP contribution < -0.4 is 10.9 Å². The van der Waals surface area contributed by atoms with Gasteiger partial charge in [-0.05, 0) is 43.4 Å². The van der Waals surface area contributed by atoms with Gasteiger partial charge in [0.05, 0.1) is 16.8 Å². The van der Waals surface area contributed by atoms with Gasteiger partial charge in [-0.1, -0.05) is 42.8 Å². The van der Waals surface area contributed by atoms with Gasteiger partial charge in [-0.3, -0.25) is 19.5 Å². The summed E-state index contributed by atoms with van der Waals surface area (Å²) >= 11 is 2.57. The number of thiophene rings is 1. The molecule has 0 saturated carbocycles. The number of hydrogen-bond donors (Lipinski definition) is 1. The molecule has 3 heterocycles. The summed E-state index contributed by atoms with van der Waals surface area (Å²) in [5.74, 6) is -0.547. The zero-order chi connectivity index (χ0) is 23.8. The van der Waals surface area contributed by atoms with Crippen LogP contribution in [0.3, 0.4) is 0 Å². The number of anilines is 1. The monoisotopic (exact) mass is 499 g/mol. The summed E-state index contributed by atoms with van der Waals surface area (Å²) in [5.41, 5.74) is 0.829. The molecule has 11 heteroatoms. The standard InChI is InChI=1S/C23H22FN5O3S2/c1-12(2)19-27-28-22(32-19)25-17(30)11-33-23-26-20-18(13-7-3-6-10-16(13)34-20)21(31)29(23)15-9-5-4-8-14(15)24/h4-5,8-9,12H,3,6-7,10-11H2,1-2H3,(H,25,28,30). The van der Waals surface area contributed by atoms with Crippen molar-refractivity contribution >= 4 is 45.2 Å². The molecule has 0 atom stereocenters. The third kappa shape index (κ3) is 4.25. The van der Waals surface area contributed by atoms with Gasteiger partial charge in [0.1, 0.15) is 10.6 Å². The van der Waals surface area contributed by atoms with Crippen LogP contribution in [0.2, 0.25) is 0 Å². The molecule has 0 unspecified atom stereocenters. The number of fused-ring (bicyclic) bond motifs is 3. The van der Waals surface area contributed by atoms with E-state index >= 15 is 0 Å². The Kier molecular flexibility index (Phi) is 6.22. The van der Waals surface area contributed by atoms with Crippen molar-refractivity contribution in [1.29, 1.82) is 0 Å². The number of rotatable bonds is 6. The zero-order valence-electron chi connectivity index (χ0n) is 18.6. The van der Waals surface area contributed by atoms with E-state index in [0.717, 1.165) is 43.0 Å². The predicted molar refractivity (Wildman–Crippen MR) is 130 cm³/mol. The number of halogens is 1. The molecule has 1 aliphatic rings. The number of nitrogens with one attached hydrogen (secondary N) is 1. The lowest BCUT2D eigenvalue weighted by molar-refractivity contribution is -0.113. The van der Waals surface area contributed by atoms with E-state index in [4.69, 9.17) is 9.40 Å². The Labute approximate surface area is 202 Å². The van der Waals surface area contributed by atoms with Crippen LogP contribution in [0.15, 0.2) is 38.6 Å². The highest BCUT2D eigenvalue weighted by Gasteiger charge is 2.24. The fourth-order valence-electron chi connectivity index (χ4n) is 3.93. The maximum atomic E-state index is 14.8. The van der Waals surface area contributed by atoms with Crippen LogP contribution >= 0.6 is 23.1 Å². The fraction of sp³-hybridized carbons (Fsp3) is 0.348. The number of carbonyl (C=O) groups excluding carboxylic acids is 1. The first-order valence-electron chi connectivity index (χ1n) is 11.0. The molecule has 0 bridgehead atoms. The van der Waals surface area contributed by atoms with E-state index in [1.807, 2.05) is 13.8 Å². The van der Waals surface area contributed by atoms with Gasteiger partial charge in [-0.2, -0.15) is 0 Å². The molecule has 0 aliphatic heterocycles. The molecular formula is C23H22FN5O3S2. The molecule has 4 aromatic rings. The zero-order valence-corrected chi connectivity index (χ0v) is 20.3. The Morgan fingerprint density at radius 3 is 2.82 bits per heavy atom. The third-order valence-corrected chi connectivity index (χ3v) is 7.69. The van der Waals surface area contributed by atoms with E-state index in [2.05, 4.69) is 15.5 Å². The van der Waals surface area contributed by atoms with E-state index in [-0.39, 0.29) is 34.1 Å². The Bertz CT molecular complexity index is 1440. The van der Waals surface area contributed by atoms with Crippen LogP contribution in [0.5, 0.6) is 0 Å². The average molecular weight is 500 g/mol. The van der Waals surface area contributed by atoms with E-state index in [9.17, 15) is 14.0 Å². The second kappa shape index (κ2) is 9.30. The summed E-state index contributed by atoms with van der Waals surface area (Å²) in [6.45, 7) is 3.81. The average Bonchev–Trinajstić information content (AvgIpc) is 3.43. The molecule has 0 radical (unpaired) electrons. The summed E-state index contributed by atoms with van der Waals surface area (Å²) in [5, 5.41) is 11.1. The molecule has 5 rings (SSSR count). The molecule has 176 valence electrons. The lowest BCUT2D eigenvalue weighted by Gasteiger charge is -2.14. The summed E-state index contributed by atoms with van der Waals surface area (Å²) < 4.78 is 21.4. The van der Waals surface area contributed by atoms with Crippen molar-refractivity contribution in [2.45, 2.75) is 50.6 Å². The smallest absolute Gasteiger partial charge is 0.322 e. The summed E-state index contributed by atoms with van der Waals surface area (Å²) in [7, 11) is 0. The fourth-order valence-corrected chi connectivity index (χ4v) is 6.04. The second-order valence-electron chi connectivity index (χ2n) is 8.31. The highest BCUT2D eigenvalue weighted by atomic mass is 32.2. The maximum Gasteiger partial charge on any atom is 0.322 e. The van der Waals surface area contributed by atoms with Crippen LogP contribution in [-0.2, 0) is 17.6 Å². The van der Waals surface area contributed by atoms with Crippen LogP contribution in [-0.4, -0.2) is 31.4 Å². The van der Waals surface area contributed by atoms with E-state index < -0.39 is 11.7 Å². The first-order chi connectivity index (χ1) is 16.4. The number of aromatic nitrogens is 4. The van der Waals surface area contributed by atoms with Crippen molar-refractivity contribution in [3.8, 4) is 5.69 Å². The van der Waals surface area contributed by atoms with Crippen LogP contribution in [0.1, 0.15) is 48.9 Å². The van der Waals surface area contributed by atoms with Gasteiger partial charge in [-0.25, -0.2) is 9.37 Å². The molecule has 1 aliphatic carbocycles. The summed E-state index contributed by atoms with van der Waals surface area (Å²) in [6, 6.07) is 6.09. The molecule has 8 nitrogen and oxygen atoms in total. The number of carbonyl (C=O) groups is 1. The van der Waals surface area contributed by atoms with E-state index in [1.54, 1.807) is 18.2 Å². The number of aryl methyl sites for hydroxylation is 2. The maximum absolute atomic E-state index is 14.8. The molecule has 0 saturated heterocycles. The minimum absolute atomic E-state index is 0.00939. The van der Waals surface area contributed by atoms with Crippen LogP contribution in [0, 0.1) is 5.82 Å². The van der Waals surface area contributed by atoms with Crippen molar-refractivity contribution in [2.75, 3.05) is 11.1 Å². The first kappa shape index (κ1) is 22.7. The molecular weight excluding hydrogens is 477 g/mol. The van der Waals surface area contributed by atoms with Crippen molar-refractivity contribution in [3.05, 3.63) is 56.8 Å². The number of para-hydroxylation sites is 1. The van der Waals surface area contributed by atoms with Gasteiger partial charge >= 0.3 is 6.01 Å². The topological polar surface area (TPSA) is 103 Å². The van der Waals surface area contributed by atoms with Crippen LogP contribution in [0.4, 0.5) is 10.4 Å². The Morgan fingerprint density at radius 2 is 2.06 bits per heavy atom. The lowest BCUT2D eigenvalue weighted by atomic mass is 9.97. The Balaban J connectivity index is 1.50. The van der Waals surface area contributed by atoms with Gasteiger partial charge in [0.25, 0.3) is 5.56 Å². The minimum Gasteiger partial charge on any atom is -0.408 e. The highest BCUT2D eigenvalue weighted by Crippen LogP contribution is 2.35. The molecule has 1 aromatic carbocycles. The van der Waals surface area contributed by atoms with Gasteiger partial charge in [0.2, 0.25) is 11.8 Å². The predicted octanol–water partition coefficient (Wildman–Crippen LogP) is 4.70. The first-order valence-corrected chi connectivity index (χ1v) is 12.8. The molecule has 1 amide bonds. The van der Waals surface area contributed by atoms with E-state index in [1.165, 1.54) is 26.8 Å². The van der Waals surface area contributed by atoms with Crippen molar-refractivity contribution < 1.29 is 13.6 Å². The Hall–Kier alpha value is -3.05. The summed E-state index contributed by atoms with van der Waals surface area (Å²) in [6.07, 6.45) is 3.84.